The van der Waals surface area contributed by atoms with Crippen molar-refractivity contribution in [2.45, 2.75) is 182 Å². The van der Waals surface area contributed by atoms with Gasteiger partial charge in [0.2, 0.25) is 18.7 Å². The van der Waals surface area contributed by atoms with Crippen molar-refractivity contribution >= 4 is 71.7 Å². The number of aliphatic hydroxyl groups excluding tert-OH is 1. The largest absolute Gasteiger partial charge is 0.490 e. The highest BCUT2D eigenvalue weighted by atomic mass is 35.5. The molecule has 5 aliphatic rings. The average molecular weight is 1310 g/mol. The molecule has 0 radical (unpaired) electrons. The molecule has 24 heteroatoms. The lowest BCUT2D eigenvalue weighted by Crippen LogP contribution is -2.54. The van der Waals surface area contributed by atoms with E-state index in [1.165, 1.54) is 31.2 Å². The lowest BCUT2D eigenvalue weighted by Gasteiger charge is -2.42. The summed E-state index contributed by atoms with van der Waals surface area (Å²) in [6.45, 7) is 33.7. The van der Waals surface area contributed by atoms with Crippen molar-refractivity contribution in [3.8, 4) is 5.75 Å². The van der Waals surface area contributed by atoms with Crippen LogP contribution in [0.3, 0.4) is 0 Å². The standard InChI is InChI=1S/C33H46ClN7O3.C17H28N4O2.C12H25N3O.C2H4O.C2H6.H2S2/c1-5-38-24(4)23(3)25-13-15-26(16-14-25)30(39-6-2)20-41(37)19-28(35)11-7-9-27-10-8-12-31(33(27)34)44-21-29(40-22-42)17-18-32(36)43;1-11(20-7-6-13(22)8-20)16-17(2,3)10-23-9-14-15(12-4-5-12)18-19-21(14)16;1-10(13)8-14(3)7-6-12-5-4-11(2)15(12)9-16;1-2-3;2*1-2/h5-6,8,10,12-16,19,22,29-30,39H,2,7,9,11,17-18,20-21,35,37H2,1,3-4H3,(H2,36,43)(H,40,42);12-13,16,18-19,22H,1,4-10H2,2-3H3;9-12H,4-8,13H2,1-3H3;2H,1H3;1-2H3;1-2H/b24-23+,28-19-,38-5?;;;;;. The van der Waals surface area contributed by atoms with Crippen molar-refractivity contribution in [2.24, 2.45) is 39.4 Å². The van der Waals surface area contributed by atoms with E-state index in [0.717, 1.165) is 98.1 Å². The number of aliphatic hydroxyl groups is 1. The fourth-order valence-corrected chi connectivity index (χ4v) is 11.4. The molecule has 1 saturated carbocycles. The fourth-order valence-electron chi connectivity index (χ4n) is 11.2. The molecule has 7 unspecified atom stereocenters. The van der Waals surface area contributed by atoms with E-state index in [9.17, 15) is 19.5 Å². The van der Waals surface area contributed by atoms with Crippen LogP contribution in [-0.2, 0) is 30.3 Å². The Balaban J connectivity index is 0.000000494. The number of β-amino-alcohol motifs (C(OH)–C–C–N with tert-alkyl or cyclic N) is 1. The maximum absolute atomic E-state index is 11.1. The molecule has 7 atom stereocenters. The number of aryl methyl sites for hydroxylation is 1. The number of ether oxygens (including phenoxy) is 2. The Labute approximate surface area is 554 Å². The number of nitrogens with zero attached hydrogens (tertiary/aromatic N) is 6. The van der Waals surface area contributed by atoms with Gasteiger partial charge in [-0.15, -0.1) is 28.9 Å². The van der Waals surface area contributed by atoms with Crippen molar-refractivity contribution in [3.05, 3.63) is 118 Å². The van der Waals surface area contributed by atoms with Crippen molar-refractivity contribution in [2.75, 3.05) is 59.6 Å². The van der Waals surface area contributed by atoms with E-state index in [0.29, 0.717) is 86.4 Å². The molecule has 506 valence electrons. The molecule has 4 heterocycles. The van der Waals surface area contributed by atoms with Gasteiger partial charge >= 0.3 is 0 Å². The summed E-state index contributed by atoms with van der Waals surface area (Å²) in [6.07, 6.45) is 16.5. The van der Waals surface area contributed by atoms with E-state index in [1.807, 2.05) is 51.7 Å². The lowest BCUT2D eigenvalue weighted by molar-refractivity contribution is -0.120. The van der Waals surface area contributed by atoms with Gasteiger partial charge in [-0.1, -0.05) is 88.9 Å². The van der Waals surface area contributed by atoms with Gasteiger partial charge in [-0.05, 0) is 154 Å². The highest BCUT2D eigenvalue weighted by molar-refractivity contribution is 8.59. The number of fused-ring (bicyclic) bond motifs is 1. The second kappa shape index (κ2) is 43.1. The molecular weight excluding hydrogens is 1200 g/mol. The molecule has 4 fully saturated rings. The zero-order valence-corrected chi connectivity index (χ0v) is 58.2. The first-order valence-electron chi connectivity index (χ1n) is 31.5. The number of likely N-dealkylation sites (tertiary alicyclic amines) is 2. The second-order valence-electron chi connectivity index (χ2n) is 23.8. The van der Waals surface area contributed by atoms with Gasteiger partial charge in [0.15, 0.2) is 0 Å². The average Bonchev–Trinajstić information content (AvgIpc) is 1.70. The van der Waals surface area contributed by atoms with Gasteiger partial charge in [0.25, 0.3) is 0 Å². The molecule has 0 bridgehead atoms. The molecule has 3 saturated heterocycles. The van der Waals surface area contributed by atoms with Crippen LogP contribution in [0.2, 0.25) is 5.02 Å². The Kier molecular flexibility index (Phi) is 38.5. The summed E-state index contributed by atoms with van der Waals surface area (Å²) in [5.74, 6) is 7.04. The Hall–Kier alpha value is -5.76. The minimum absolute atomic E-state index is 0.0694. The lowest BCUT2D eigenvalue weighted by atomic mass is 9.82. The van der Waals surface area contributed by atoms with Crippen LogP contribution in [0.5, 0.6) is 5.75 Å². The summed E-state index contributed by atoms with van der Waals surface area (Å²) >= 11 is 13.1. The molecule has 21 nitrogen and oxygen atoms in total. The second-order valence-corrected chi connectivity index (χ2v) is 24.2. The molecule has 90 heavy (non-hydrogen) atoms. The number of hydrazine groups is 3. The number of carbonyl (C=O) groups excluding carboxylic acids is 4. The van der Waals surface area contributed by atoms with Gasteiger partial charge in [-0.3, -0.25) is 24.4 Å². The van der Waals surface area contributed by atoms with Crippen molar-refractivity contribution < 1.29 is 33.8 Å². The van der Waals surface area contributed by atoms with Crippen LogP contribution in [0.15, 0.2) is 101 Å². The quantitative estimate of drug-likeness (QED) is 0.00912. The van der Waals surface area contributed by atoms with E-state index in [-0.39, 0.29) is 48.7 Å². The predicted octanol–water partition coefficient (Wildman–Crippen LogP) is 8.31. The summed E-state index contributed by atoms with van der Waals surface area (Å²) in [5, 5.41) is 20.1. The van der Waals surface area contributed by atoms with Crippen molar-refractivity contribution in [1.29, 1.82) is 0 Å². The van der Waals surface area contributed by atoms with Gasteiger partial charge in [0, 0.05) is 85.0 Å². The van der Waals surface area contributed by atoms with E-state index >= 15 is 0 Å². The van der Waals surface area contributed by atoms with E-state index < -0.39 is 5.91 Å². The molecule has 2 aromatic carbocycles. The SMILES string of the molecule is C=C(C1N2NNC(C3CC3)=C2COCC1(C)C)N1CCC(O)C1.C=CNC(CN(N)/C=C(\N)CCCc1cccc(OCC(CCC(N)=O)NC=O)c1Cl)c1ccc(/C(C)=C(\C)N=CC)cc1.CC.CC(N)CN(C)CCC1CCC(C)N1C=O.CC=O.SS. The van der Waals surface area contributed by atoms with Crippen molar-refractivity contribution in [3.63, 3.8) is 0 Å². The number of primary amides is 1. The molecule has 4 aliphatic heterocycles. The third-order valence-electron chi connectivity index (χ3n) is 16.0. The fraction of sp³-hybridized carbons (Fsp3) is 0.591. The number of nitrogens with two attached hydrogens (primary N) is 4. The minimum atomic E-state index is -0.441. The highest BCUT2D eigenvalue weighted by Gasteiger charge is 2.47. The number of allylic oxidation sites excluding steroid dienone is 4. The Morgan fingerprint density at radius 3 is 2.29 bits per heavy atom. The summed E-state index contributed by atoms with van der Waals surface area (Å²) in [7, 11) is 2.09. The topological polar surface area (TPSA) is 288 Å². The van der Waals surface area contributed by atoms with Crippen LogP contribution in [-0.4, -0.2) is 157 Å². The maximum atomic E-state index is 11.1. The van der Waals surface area contributed by atoms with E-state index in [2.05, 4.69) is 137 Å². The van der Waals surface area contributed by atoms with Crippen LogP contribution in [0, 0.1) is 11.3 Å². The number of hydrogen-bond donors (Lipinski definition) is 11. The minimum Gasteiger partial charge on any atom is -0.490 e. The number of nitrogens with one attached hydrogen (secondary N) is 4. The summed E-state index contributed by atoms with van der Waals surface area (Å²) < 4.78 is 11.9. The zero-order chi connectivity index (χ0) is 67.5. The first kappa shape index (κ1) is 80.3. The van der Waals surface area contributed by atoms with Gasteiger partial charge < -0.3 is 72.3 Å². The molecule has 13 N–H and O–H groups in total. The Morgan fingerprint density at radius 2 is 1.71 bits per heavy atom. The number of hydrogen-bond acceptors (Lipinski definition) is 20. The van der Waals surface area contributed by atoms with Crippen LogP contribution in [0.1, 0.15) is 156 Å². The summed E-state index contributed by atoms with van der Waals surface area (Å²) in [5.41, 5.74) is 33.4. The van der Waals surface area contributed by atoms with Crippen molar-refractivity contribution in [1.82, 2.24) is 46.3 Å². The number of rotatable bonds is 29. The molecule has 7 rings (SSSR count). The Bertz CT molecular complexity index is 2620. The highest BCUT2D eigenvalue weighted by Crippen LogP contribution is 2.43. The molecule has 3 amide bonds. The van der Waals surface area contributed by atoms with Gasteiger partial charge in [-0.25, -0.2) is 5.84 Å². The first-order valence-corrected chi connectivity index (χ1v) is 33.5. The maximum Gasteiger partial charge on any atom is 0.217 e. The van der Waals surface area contributed by atoms with Gasteiger partial charge in [0.05, 0.1) is 60.4 Å². The van der Waals surface area contributed by atoms with E-state index in [4.69, 9.17) is 48.9 Å². The smallest absolute Gasteiger partial charge is 0.217 e. The Morgan fingerprint density at radius 1 is 1.03 bits per heavy atom. The van der Waals surface area contributed by atoms with Crippen LogP contribution < -0.4 is 49.4 Å². The van der Waals surface area contributed by atoms with Crippen LogP contribution in [0.4, 0.5) is 0 Å². The number of halogens is 1. The summed E-state index contributed by atoms with van der Waals surface area (Å²) in [6, 6.07) is 14.6. The normalized spacial score (nSPS) is 20.3. The number of benzene rings is 2. The number of aldehydes is 1. The number of aliphatic imine (C=N–C) groups is 1. The molecular formula is C66H111ClN14O7S2. The van der Waals surface area contributed by atoms with Crippen LogP contribution in [0.25, 0.3) is 5.57 Å². The third kappa shape index (κ3) is 27.2. The zero-order valence-electron chi connectivity index (χ0n) is 55.6. The molecule has 0 aromatic heterocycles. The molecule has 2 aromatic rings. The monoisotopic (exact) mass is 1310 g/mol. The number of carbonyl (C=O) groups is 4. The molecule has 0 spiro atoms. The van der Waals surface area contributed by atoms with E-state index in [1.54, 1.807) is 29.7 Å². The third-order valence-corrected chi connectivity index (χ3v) is 16.4. The predicted molar refractivity (Wildman–Crippen MR) is 374 cm³/mol. The van der Waals surface area contributed by atoms with Gasteiger partial charge in [0.1, 0.15) is 18.6 Å². The summed E-state index contributed by atoms with van der Waals surface area (Å²) in [4.78, 5) is 52.6. The molecule has 1 aliphatic carbocycles. The number of thiol groups is 2. The first-order chi connectivity index (χ1) is 43.0. The number of amides is 3. The van der Waals surface area contributed by atoms with Crippen LogP contribution >= 0.6 is 34.9 Å². The van der Waals surface area contributed by atoms with Gasteiger partial charge in [-0.2, -0.15) is 0 Å². The number of likely N-dealkylation sites (N-methyl/N-ethyl adjacent to an activating group) is 1.